The molecule has 0 aromatic heterocycles. The van der Waals surface area contributed by atoms with Crippen LogP contribution >= 0.6 is 0 Å². The molecule has 2 N–H and O–H groups in total. The Kier molecular flexibility index (Phi) is 5.78. The fourth-order valence-electron chi connectivity index (χ4n) is 2.60. The molecule has 2 aromatic rings. The summed E-state index contributed by atoms with van der Waals surface area (Å²) in [5.74, 6) is -0.504. The summed E-state index contributed by atoms with van der Waals surface area (Å²) in [6, 6.07) is 13.7. The maximum absolute atomic E-state index is 12.2. The van der Waals surface area contributed by atoms with Gasteiger partial charge in [0, 0.05) is 5.69 Å². The number of methoxy groups -OCH3 is 1. The van der Waals surface area contributed by atoms with Crippen LogP contribution in [0, 0.1) is 0 Å². The Morgan fingerprint density at radius 1 is 1.18 bits per heavy atom. The third-order valence-corrected chi connectivity index (χ3v) is 4.09. The first-order chi connectivity index (χ1) is 13.5. The van der Waals surface area contributed by atoms with Gasteiger partial charge in [0.05, 0.1) is 19.2 Å². The number of hydrogen-bond donors (Lipinski definition) is 2. The van der Waals surface area contributed by atoms with Crippen LogP contribution in [-0.4, -0.2) is 37.1 Å². The molecule has 2 amide bonds. The van der Waals surface area contributed by atoms with Crippen LogP contribution in [0.25, 0.3) is 0 Å². The van der Waals surface area contributed by atoms with E-state index in [4.69, 9.17) is 14.2 Å². The average molecular weight is 384 g/mol. The molecule has 0 fully saturated rings. The number of nitrogens with one attached hydrogen (secondary N) is 2. The van der Waals surface area contributed by atoms with Crippen LogP contribution in [-0.2, 0) is 19.1 Å². The lowest BCUT2D eigenvalue weighted by Crippen LogP contribution is -2.40. The van der Waals surface area contributed by atoms with Gasteiger partial charge in [-0.05, 0) is 43.3 Å². The summed E-state index contributed by atoms with van der Waals surface area (Å²) in [7, 11) is 1.55. The Hall–Kier alpha value is -3.55. The molecule has 1 aliphatic heterocycles. The number of fused-ring (bicyclic) bond motifs is 1. The van der Waals surface area contributed by atoms with Gasteiger partial charge in [0.1, 0.15) is 11.5 Å². The summed E-state index contributed by atoms with van der Waals surface area (Å²) < 4.78 is 15.7. The highest BCUT2D eigenvalue weighted by atomic mass is 16.6. The lowest BCUT2D eigenvalue weighted by atomic mass is 10.1. The molecule has 2 aromatic carbocycles. The van der Waals surface area contributed by atoms with Gasteiger partial charge in [-0.3, -0.25) is 14.4 Å². The van der Waals surface area contributed by atoms with E-state index in [1.54, 1.807) is 55.6 Å². The predicted molar refractivity (Wildman–Crippen MR) is 101 cm³/mol. The molecule has 3 rings (SSSR count). The molecule has 0 saturated heterocycles. The van der Waals surface area contributed by atoms with Crippen molar-refractivity contribution in [3.8, 4) is 11.5 Å². The van der Waals surface area contributed by atoms with E-state index >= 15 is 0 Å². The van der Waals surface area contributed by atoms with Gasteiger partial charge < -0.3 is 24.8 Å². The second-order valence-electron chi connectivity index (χ2n) is 6.15. The molecule has 146 valence electrons. The van der Waals surface area contributed by atoms with Gasteiger partial charge in [-0.15, -0.1) is 0 Å². The van der Waals surface area contributed by atoms with E-state index in [0.717, 1.165) is 0 Å². The monoisotopic (exact) mass is 384 g/mol. The van der Waals surface area contributed by atoms with Gasteiger partial charge in [0.25, 0.3) is 11.8 Å². The molecule has 1 aliphatic rings. The zero-order chi connectivity index (χ0) is 20.1. The largest absolute Gasteiger partial charge is 0.497 e. The number of carbonyl (C=O) groups is 3. The van der Waals surface area contributed by atoms with Crippen molar-refractivity contribution < 1.29 is 28.6 Å². The van der Waals surface area contributed by atoms with Crippen molar-refractivity contribution in [2.75, 3.05) is 17.7 Å². The van der Waals surface area contributed by atoms with E-state index in [-0.39, 0.29) is 6.42 Å². The number of benzene rings is 2. The number of hydrogen-bond acceptors (Lipinski definition) is 6. The zero-order valence-electron chi connectivity index (χ0n) is 15.4. The highest BCUT2D eigenvalue weighted by molar-refractivity contribution is 6.00. The number of rotatable bonds is 6. The molecule has 2 atom stereocenters. The normalized spacial score (nSPS) is 16.1. The van der Waals surface area contributed by atoms with E-state index in [1.807, 2.05) is 0 Å². The Labute approximate surface area is 161 Å². The van der Waals surface area contributed by atoms with E-state index in [0.29, 0.717) is 22.9 Å². The highest BCUT2D eigenvalue weighted by Crippen LogP contribution is 2.29. The summed E-state index contributed by atoms with van der Waals surface area (Å²) in [4.78, 5) is 36.4. The molecule has 8 nitrogen and oxygen atoms in total. The standard InChI is InChI=1S/C20H20N2O6/c1-12(19(24)21-13-7-9-14(26-2)10-8-13)27-18(23)11-17-20(25)22-15-5-3-4-6-16(15)28-17/h3-10,12,17H,11H2,1-2H3,(H,21,24)(H,22,25). The molecule has 0 spiro atoms. The van der Waals surface area contributed by atoms with E-state index in [9.17, 15) is 14.4 Å². The number of anilines is 2. The van der Waals surface area contributed by atoms with Crippen LogP contribution in [0.2, 0.25) is 0 Å². The molecular weight excluding hydrogens is 364 g/mol. The van der Waals surface area contributed by atoms with Crippen LogP contribution in [0.3, 0.4) is 0 Å². The highest BCUT2D eigenvalue weighted by Gasteiger charge is 2.31. The third kappa shape index (κ3) is 4.59. The Morgan fingerprint density at radius 2 is 1.89 bits per heavy atom. The number of amides is 2. The molecule has 2 unspecified atom stereocenters. The van der Waals surface area contributed by atoms with Crippen molar-refractivity contribution >= 4 is 29.2 Å². The van der Waals surface area contributed by atoms with Gasteiger partial charge in [-0.2, -0.15) is 0 Å². The minimum Gasteiger partial charge on any atom is -0.497 e. The molecule has 0 radical (unpaired) electrons. The topological polar surface area (TPSA) is 103 Å². The fraction of sp³-hybridized carbons (Fsp3) is 0.250. The van der Waals surface area contributed by atoms with Gasteiger partial charge >= 0.3 is 5.97 Å². The van der Waals surface area contributed by atoms with Crippen molar-refractivity contribution in [1.82, 2.24) is 0 Å². The van der Waals surface area contributed by atoms with Gasteiger partial charge in [0.2, 0.25) is 0 Å². The minimum atomic E-state index is -1.03. The summed E-state index contributed by atoms with van der Waals surface area (Å²) in [6.45, 7) is 1.45. The number of carbonyl (C=O) groups excluding carboxylic acids is 3. The minimum absolute atomic E-state index is 0.305. The summed E-state index contributed by atoms with van der Waals surface area (Å²) in [6.07, 6.45) is -2.35. The molecule has 8 heteroatoms. The smallest absolute Gasteiger partial charge is 0.310 e. The van der Waals surface area contributed by atoms with Crippen LogP contribution in [0.1, 0.15) is 13.3 Å². The van der Waals surface area contributed by atoms with Gasteiger partial charge in [-0.1, -0.05) is 12.1 Å². The summed E-state index contributed by atoms with van der Waals surface area (Å²) in [5.41, 5.74) is 1.09. The van der Waals surface area contributed by atoms with Crippen molar-refractivity contribution in [2.24, 2.45) is 0 Å². The van der Waals surface area contributed by atoms with Gasteiger partial charge in [-0.25, -0.2) is 0 Å². The van der Waals surface area contributed by atoms with Crippen molar-refractivity contribution in [3.63, 3.8) is 0 Å². The van der Waals surface area contributed by atoms with E-state index in [1.165, 1.54) is 6.92 Å². The first-order valence-corrected chi connectivity index (χ1v) is 8.67. The van der Waals surface area contributed by atoms with Crippen LogP contribution in [0.4, 0.5) is 11.4 Å². The zero-order valence-corrected chi connectivity index (χ0v) is 15.4. The van der Waals surface area contributed by atoms with Crippen LogP contribution in [0.15, 0.2) is 48.5 Å². The SMILES string of the molecule is COc1ccc(NC(=O)C(C)OC(=O)CC2Oc3ccccc3NC2=O)cc1. The fourth-order valence-corrected chi connectivity index (χ4v) is 2.60. The lowest BCUT2D eigenvalue weighted by molar-refractivity contribution is -0.155. The first-order valence-electron chi connectivity index (χ1n) is 8.67. The average Bonchev–Trinajstić information content (AvgIpc) is 2.69. The third-order valence-electron chi connectivity index (χ3n) is 4.09. The van der Waals surface area contributed by atoms with Crippen molar-refractivity contribution in [2.45, 2.75) is 25.6 Å². The van der Waals surface area contributed by atoms with Crippen molar-refractivity contribution in [1.29, 1.82) is 0 Å². The van der Waals surface area contributed by atoms with E-state index < -0.39 is 30.0 Å². The van der Waals surface area contributed by atoms with Gasteiger partial charge in [0.15, 0.2) is 12.2 Å². The number of ether oxygens (including phenoxy) is 3. The molecule has 1 heterocycles. The second kappa shape index (κ2) is 8.43. The molecule has 0 saturated carbocycles. The van der Waals surface area contributed by atoms with Crippen LogP contribution in [0.5, 0.6) is 11.5 Å². The maximum Gasteiger partial charge on any atom is 0.310 e. The number of esters is 1. The van der Waals surface area contributed by atoms with Crippen molar-refractivity contribution in [3.05, 3.63) is 48.5 Å². The van der Waals surface area contributed by atoms with Crippen LogP contribution < -0.4 is 20.1 Å². The Balaban J connectivity index is 1.52. The summed E-state index contributed by atoms with van der Waals surface area (Å²) >= 11 is 0. The quantitative estimate of drug-likeness (QED) is 0.741. The molecular formula is C20H20N2O6. The lowest BCUT2D eigenvalue weighted by Gasteiger charge is -2.25. The Bertz CT molecular complexity index is 881. The first kappa shape index (κ1) is 19.2. The Morgan fingerprint density at radius 3 is 2.61 bits per heavy atom. The predicted octanol–water partition coefficient (Wildman–Crippen LogP) is 2.36. The maximum atomic E-state index is 12.2. The molecule has 0 aliphatic carbocycles. The molecule has 28 heavy (non-hydrogen) atoms. The molecule has 0 bridgehead atoms. The second-order valence-corrected chi connectivity index (χ2v) is 6.15. The number of para-hydroxylation sites is 2. The summed E-state index contributed by atoms with van der Waals surface area (Å²) in [5, 5.41) is 5.31. The van der Waals surface area contributed by atoms with E-state index in [2.05, 4.69) is 10.6 Å².